The van der Waals surface area contributed by atoms with Gasteiger partial charge in [-0.2, -0.15) is 4.68 Å². The highest BCUT2D eigenvalue weighted by atomic mass is 19.1. The Hall–Kier alpha value is -2.32. The minimum absolute atomic E-state index is 0.108. The van der Waals surface area contributed by atoms with Gasteiger partial charge in [0.15, 0.2) is 11.3 Å². The Bertz CT molecular complexity index is 689. The molecule has 100 valence electrons. The summed E-state index contributed by atoms with van der Waals surface area (Å²) < 4.78 is 14.2. The molecule has 1 saturated heterocycles. The van der Waals surface area contributed by atoms with E-state index >= 15 is 0 Å². The topological polar surface area (TPSA) is 85.4 Å². The van der Waals surface area contributed by atoms with Crippen molar-refractivity contribution in [2.24, 2.45) is 0 Å². The molecule has 1 amide bonds. The lowest BCUT2D eigenvalue weighted by Crippen LogP contribution is -2.42. The summed E-state index contributed by atoms with van der Waals surface area (Å²) in [5.74, 6) is -0.259. The van der Waals surface area contributed by atoms with Crippen LogP contribution < -0.4 is 5.69 Å². The molecule has 0 unspecified atom stereocenters. The minimum Gasteiger partial charge on any atom is -0.337 e. The third kappa shape index (κ3) is 1.77. The van der Waals surface area contributed by atoms with Gasteiger partial charge >= 0.3 is 5.69 Å². The second-order valence-electron chi connectivity index (χ2n) is 4.22. The highest BCUT2D eigenvalue weighted by molar-refractivity contribution is 5.98. The second-order valence-corrected chi connectivity index (χ2v) is 4.22. The SMILES string of the molecule is O=C(c1ncn2c(=O)n(CCF)nnc12)N1CCC1. The van der Waals surface area contributed by atoms with Gasteiger partial charge in [-0.1, -0.05) is 5.21 Å². The molecule has 0 N–H and O–H groups in total. The summed E-state index contributed by atoms with van der Waals surface area (Å²) >= 11 is 0. The normalized spacial score (nSPS) is 14.7. The Morgan fingerprint density at radius 2 is 2.21 bits per heavy atom. The summed E-state index contributed by atoms with van der Waals surface area (Å²) in [4.78, 5) is 29.5. The average Bonchev–Trinajstić information content (AvgIpc) is 2.75. The zero-order valence-corrected chi connectivity index (χ0v) is 9.99. The van der Waals surface area contributed by atoms with Gasteiger partial charge in [0, 0.05) is 13.1 Å². The van der Waals surface area contributed by atoms with Crippen molar-refractivity contribution in [3.63, 3.8) is 0 Å². The fourth-order valence-electron chi connectivity index (χ4n) is 1.88. The number of carbonyl (C=O) groups excluding carboxylic acids is 1. The lowest BCUT2D eigenvalue weighted by atomic mass is 10.2. The maximum Gasteiger partial charge on any atom is 0.353 e. The van der Waals surface area contributed by atoms with Gasteiger partial charge in [0.2, 0.25) is 0 Å². The molecule has 2 aromatic heterocycles. The van der Waals surface area contributed by atoms with E-state index in [0.29, 0.717) is 13.1 Å². The molecule has 0 bridgehead atoms. The Labute approximate surface area is 106 Å². The Kier molecular flexibility index (Phi) is 2.73. The van der Waals surface area contributed by atoms with Gasteiger partial charge in [0.1, 0.15) is 13.0 Å². The first-order chi connectivity index (χ1) is 9.22. The van der Waals surface area contributed by atoms with Gasteiger partial charge in [-0.05, 0) is 6.42 Å². The van der Waals surface area contributed by atoms with Crippen molar-refractivity contribution in [2.45, 2.75) is 13.0 Å². The number of likely N-dealkylation sites (tertiary alicyclic amines) is 1. The van der Waals surface area contributed by atoms with Gasteiger partial charge in [-0.25, -0.2) is 18.6 Å². The number of halogens is 1. The van der Waals surface area contributed by atoms with Crippen LogP contribution >= 0.6 is 0 Å². The Morgan fingerprint density at radius 1 is 1.42 bits per heavy atom. The molecule has 0 aliphatic carbocycles. The standard InChI is InChI=1S/C10H11FN6O2/c11-2-5-17-10(19)16-6-12-7(8(16)13-14-17)9(18)15-3-1-4-15/h6H,1-5H2. The number of aryl methyl sites for hydroxylation is 1. The third-order valence-electron chi connectivity index (χ3n) is 3.06. The van der Waals surface area contributed by atoms with Crippen molar-refractivity contribution in [3.05, 3.63) is 22.5 Å². The van der Waals surface area contributed by atoms with E-state index in [1.165, 1.54) is 6.33 Å². The summed E-state index contributed by atoms with van der Waals surface area (Å²) in [6.45, 7) is 0.484. The van der Waals surface area contributed by atoms with E-state index in [4.69, 9.17) is 0 Å². The first-order valence-electron chi connectivity index (χ1n) is 5.88. The highest BCUT2D eigenvalue weighted by Crippen LogP contribution is 2.13. The van der Waals surface area contributed by atoms with Gasteiger partial charge in [-0.15, -0.1) is 5.10 Å². The molecule has 0 saturated carbocycles. The van der Waals surface area contributed by atoms with Crippen LogP contribution in [0.1, 0.15) is 16.9 Å². The monoisotopic (exact) mass is 266 g/mol. The molecule has 19 heavy (non-hydrogen) atoms. The predicted molar refractivity (Wildman–Crippen MR) is 61.5 cm³/mol. The quantitative estimate of drug-likeness (QED) is 0.718. The Morgan fingerprint density at radius 3 is 2.84 bits per heavy atom. The van der Waals surface area contributed by atoms with E-state index in [2.05, 4.69) is 15.3 Å². The zero-order chi connectivity index (χ0) is 13.4. The fraction of sp³-hybridized carbons (Fsp3) is 0.500. The van der Waals surface area contributed by atoms with Crippen molar-refractivity contribution in [1.29, 1.82) is 0 Å². The van der Waals surface area contributed by atoms with Crippen LogP contribution in [-0.2, 0) is 6.54 Å². The molecule has 0 radical (unpaired) electrons. The maximum absolute atomic E-state index is 12.2. The molecule has 1 aliphatic heterocycles. The molecule has 8 nitrogen and oxygen atoms in total. The molecule has 1 fully saturated rings. The van der Waals surface area contributed by atoms with Crippen molar-refractivity contribution in [3.8, 4) is 0 Å². The smallest absolute Gasteiger partial charge is 0.337 e. The molecule has 3 heterocycles. The van der Waals surface area contributed by atoms with E-state index in [0.717, 1.165) is 15.5 Å². The van der Waals surface area contributed by atoms with Gasteiger partial charge in [-0.3, -0.25) is 4.79 Å². The number of imidazole rings is 1. The molecule has 9 heteroatoms. The lowest BCUT2D eigenvalue weighted by molar-refractivity contribution is 0.0648. The molecule has 2 aromatic rings. The summed E-state index contributed by atoms with van der Waals surface area (Å²) in [7, 11) is 0. The van der Waals surface area contributed by atoms with Gasteiger partial charge < -0.3 is 4.90 Å². The van der Waals surface area contributed by atoms with Crippen LogP contribution in [0.3, 0.4) is 0 Å². The molecular formula is C10H11FN6O2. The van der Waals surface area contributed by atoms with Crippen LogP contribution in [0, 0.1) is 0 Å². The number of rotatable bonds is 3. The van der Waals surface area contributed by atoms with Crippen LogP contribution in [0.5, 0.6) is 0 Å². The van der Waals surface area contributed by atoms with E-state index in [1.807, 2.05) is 0 Å². The second kappa shape index (κ2) is 4.41. The molecule has 0 aromatic carbocycles. The third-order valence-corrected chi connectivity index (χ3v) is 3.06. The summed E-state index contributed by atoms with van der Waals surface area (Å²) in [5.41, 5.74) is -0.341. The number of alkyl halides is 1. The van der Waals surface area contributed by atoms with Crippen molar-refractivity contribution >= 4 is 11.6 Å². The number of hydrogen-bond donors (Lipinski definition) is 0. The molecule has 0 atom stereocenters. The summed E-state index contributed by atoms with van der Waals surface area (Å²) in [6.07, 6.45) is 2.18. The largest absolute Gasteiger partial charge is 0.353 e. The average molecular weight is 266 g/mol. The van der Waals surface area contributed by atoms with E-state index < -0.39 is 12.4 Å². The van der Waals surface area contributed by atoms with E-state index in [1.54, 1.807) is 4.90 Å². The van der Waals surface area contributed by atoms with Crippen LogP contribution in [0.2, 0.25) is 0 Å². The fourth-order valence-corrected chi connectivity index (χ4v) is 1.88. The Balaban J connectivity index is 2.06. The summed E-state index contributed by atoms with van der Waals surface area (Å²) in [5, 5.41) is 7.38. The predicted octanol–water partition coefficient (Wildman–Crippen LogP) is -0.899. The van der Waals surface area contributed by atoms with Crippen LogP contribution in [-0.4, -0.2) is 54.9 Å². The maximum atomic E-state index is 12.2. The van der Waals surface area contributed by atoms with Crippen molar-refractivity contribution < 1.29 is 9.18 Å². The van der Waals surface area contributed by atoms with Crippen molar-refractivity contribution in [2.75, 3.05) is 19.8 Å². The van der Waals surface area contributed by atoms with Crippen molar-refractivity contribution in [1.82, 2.24) is 29.3 Å². The number of fused-ring (bicyclic) bond motifs is 1. The van der Waals surface area contributed by atoms with Gasteiger partial charge in [0.05, 0.1) is 6.54 Å². The molecule has 3 rings (SSSR count). The number of aromatic nitrogens is 5. The molecular weight excluding hydrogens is 255 g/mol. The van der Waals surface area contributed by atoms with E-state index in [9.17, 15) is 14.0 Å². The molecule has 0 spiro atoms. The zero-order valence-electron chi connectivity index (χ0n) is 9.99. The summed E-state index contributed by atoms with van der Waals surface area (Å²) in [6, 6.07) is 0. The lowest BCUT2D eigenvalue weighted by Gasteiger charge is -2.29. The number of carbonyl (C=O) groups is 1. The first kappa shape index (κ1) is 11.8. The highest BCUT2D eigenvalue weighted by Gasteiger charge is 2.26. The number of hydrogen-bond acceptors (Lipinski definition) is 5. The number of amides is 1. The molecule has 1 aliphatic rings. The number of nitrogens with zero attached hydrogens (tertiary/aromatic N) is 6. The van der Waals surface area contributed by atoms with Crippen LogP contribution in [0.15, 0.2) is 11.1 Å². The minimum atomic E-state index is -0.714. The first-order valence-corrected chi connectivity index (χ1v) is 5.88. The van der Waals surface area contributed by atoms with E-state index in [-0.39, 0.29) is 23.8 Å². The van der Waals surface area contributed by atoms with Crippen LogP contribution in [0.4, 0.5) is 4.39 Å². The van der Waals surface area contributed by atoms with Gasteiger partial charge in [0.25, 0.3) is 5.91 Å². The van der Waals surface area contributed by atoms with Crippen LogP contribution in [0.25, 0.3) is 5.65 Å².